The number of nitrogens with one attached hydrogen (secondary N) is 1. The summed E-state index contributed by atoms with van der Waals surface area (Å²) in [4.78, 5) is 36.2. The molecule has 1 aliphatic carbocycles. The lowest BCUT2D eigenvalue weighted by Gasteiger charge is -2.37. The lowest BCUT2D eigenvalue weighted by atomic mass is 9.74. The third-order valence-electron chi connectivity index (χ3n) is 4.19. The molecule has 3 rings (SSSR count). The van der Waals surface area contributed by atoms with Gasteiger partial charge in [0.2, 0.25) is 0 Å². The summed E-state index contributed by atoms with van der Waals surface area (Å²) in [6.07, 6.45) is -6.14. The van der Waals surface area contributed by atoms with Crippen LogP contribution in [0, 0.1) is 0 Å². The molecule has 1 aromatic rings. The molecule has 1 amide bonds. The van der Waals surface area contributed by atoms with E-state index in [1.54, 1.807) is 6.92 Å². The molecule has 1 N–H and O–H groups in total. The van der Waals surface area contributed by atoms with Crippen molar-refractivity contribution in [2.45, 2.75) is 31.7 Å². The van der Waals surface area contributed by atoms with Gasteiger partial charge in [-0.1, -0.05) is 0 Å². The summed E-state index contributed by atoms with van der Waals surface area (Å²) >= 11 is 6.25. The van der Waals surface area contributed by atoms with E-state index in [9.17, 15) is 27.6 Å². The van der Waals surface area contributed by atoms with Crippen molar-refractivity contribution in [3.8, 4) is 5.75 Å². The first-order valence-electron chi connectivity index (χ1n) is 8.14. The average molecular weight is 543 g/mol. The highest BCUT2D eigenvalue weighted by Crippen LogP contribution is 2.48. The fourth-order valence-electron chi connectivity index (χ4n) is 3.14. The number of alkyl halides is 3. The number of halogens is 5. The van der Waals surface area contributed by atoms with E-state index in [0.29, 0.717) is 0 Å². The average Bonchev–Trinajstić information content (AvgIpc) is 2.78. The number of amides is 1. The Morgan fingerprint density at radius 3 is 2.28 bits per heavy atom. The van der Waals surface area contributed by atoms with Crippen molar-refractivity contribution in [2.75, 3.05) is 6.61 Å². The normalized spacial score (nSPS) is 17.9. The smallest absolute Gasteiger partial charge is 0.434 e. The fourth-order valence-corrected chi connectivity index (χ4v) is 4.68. The molecule has 12 heteroatoms. The van der Waals surface area contributed by atoms with Crippen LogP contribution >= 0.6 is 31.9 Å². The van der Waals surface area contributed by atoms with Gasteiger partial charge in [-0.3, -0.25) is 9.59 Å². The van der Waals surface area contributed by atoms with Crippen molar-refractivity contribution in [3.63, 3.8) is 0 Å². The highest BCUT2D eigenvalue weighted by molar-refractivity contribution is 9.11. The van der Waals surface area contributed by atoms with Crippen molar-refractivity contribution in [2.24, 2.45) is 0 Å². The topological polar surface area (TPSA) is 90.9 Å². The molecule has 0 atom stereocenters. The van der Waals surface area contributed by atoms with E-state index in [1.165, 1.54) is 0 Å². The number of hydrogen-bond donors (Lipinski definition) is 1. The first kappa shape index (κ1) is 21.6. The predicted octanol–water partition coefficient (Wildman–Crippen LogP) is 4.23. The zero-order valence-corrected chi connectivity index (χ0v) is 17.8. The second-order valence-electron chi connectivity index (χ2n) is 6.23. The molecule has 156 valence electrons. The zero-order valence-electron chi connectivity index (χ0n) is 14.6. The Bertz CT molecular complexity index is 913. The molecule has 0 saturated heterocycles. The van der Waals surface area contributed by atoms with Gasteiger partial charge in [-0.25, -0.2) is 4.79 Å². The number of carbonyl (C=O) groups is 3. The summed E-state index contributed by atoms with van der Waals surface area (Å²) in [6.45, 7) is 1.58. The molecule has 1 fully saturated rings. The number of carbonyl (C=O) groups excluding carboxylic acids is 3. The van der Waals surface area contributed by atoms with Gasteiger partial charge in [-0.15, -0.1) is 13.2 Å². The second kappa shape index (κ2) is 7.63. The van der Waals surface area contributed by atoms with Gasteiger partial charge < -0.3 is 19.5 Å². The van der Waals surface area contributed by atoms with Crippen LogP contribution in [-0.2, 0) is 19.1 Å². The SMILES string of the molecule is CCOC(=O)OC1=C(c2c(Br)cc(OC(F)(F)F)cc2Br)C(=O)NC12CC(=O)C2. The third-order valence-corrected chi connectivity index (χ3v) is 5.44. The van der Waals surface area contributed by atoms with Gasteiger partial charge in [0.1, 0.15) is 17.1 Å². The molecule has 29 heavy (non-hydrogen) atoms. The minimum atomic E-state index is -4.90. The van der Waals surface area contributed by atoms with Gasteiger partial charge in [0.15, 0.2) is 5.76 Å². The zero-order chi connectivity index (χ0) is 21.6. The summed E-state index contributed by atoms with van der Waals surface area (Å²) in [5.41, 5.74) is -1.17. The van der Waals surface area contributed by atoms with Crippen LogP contribution in [0.4, 0.5) is 18.0 Å². The Balaban J connectivity index is 2.11. The first-order valence-corrected chi connectivity index (χ1v) is 9.73. The molecule has 1 spiro atoms. The van der Waals surface area contributed by atoms with Crippen LogP contribution < -0.4 is 10.1 Å². The Hall–Kier alpha value is -2.08. The maximum atomic E-state index is 12.7. The Morgan fingerprint density at radius 2 is 1.79 bits per heavy atom. The minimum absolute atomic E-state index is 0.0195. The standard InChI is InChI=1S/C17H12Br2F3NO6/c1-2-27-15(26)28-13-12(14(25)23-16(13)5-7(24)6-16)11-9(18)3-8(4-10(11)19)29-17(20,21)22/h3-4H,2,5-6H2,1H3,(H,23,25). The maximum absolute atomic E-state index is 12.7. The van der Waals surface area contributed by atoms with Gasteiger partial charge in [-0.2, -0.15) is 0 Å². The maximum Gasteiger partial charge on any atom is 0.573 e. The molecule has 1 heterocycles. The lowest BCUT2D eigenvalue weighted by Crippen LogP contribution is -2.55. The molecule has 7 nitrogen and oxygen atoms in total. The number of benzene rings is 1. The Kier molecular flexibility index (Phi) is 5.69. The van der Waals surface area contributed by atoms with Gasteiger partial charge >= 0.3 is 12.5 Å². The number of Topliss-reactive ketones (excluding diaryl/α,β-unsaturated/α-hetero) is 1. The number of rotatable bonds is 4. The minimum Gasteiger partial charge on any atom is -0.434 e. The summed E-state index contributed by atoms with van der Waals surface area (Å²) < 4.78 is 51.6. The van der Waals surface area contributed by atoms with E-state index in [2.05, 4.69) is 41.9 Å². The van der Waals surface area contributed by atoms with Crippen LogP contribution in [0.2, 0.25) is 0 Å². The largest absolute Gasteiger partial charge is 0.573 e. The van der Waals surface area contributed by atoms with Gasteiger partial charge in [0.25, 0.3) is 5.91 Å². The highest BCUT2D eigenvalue weighted by Gasteiger charge is 2.56. The molecule has 1 aromatic carbocycles. The van der Waals surface area contributed by atoms with Crippen molar-refractivity contribution < 1.29 is 41.8 Å². The van der Waals surface area contributed by atoms with Crippen molar-refractivity contribution in [3.05, 3.63) is 32.4 Å². The van der Waals surface area contributed by atoms with E-state index < -0.39 is 29.7 Å². The Labute approximate surface area is 178 Å². The van der Waals surface area contributed by atoms with Gasteiger partial charge in [-0.05, 0) is 50.9 Å². The molecule has 1 saturated carbocycles. The molecule has 0 bridgehead atoms. The molecule has 2 aliphatic rings. The fraction of sp³-hybridized carbons (Fsp3) is 0.353. The lowest BCUT2D eigenvalue weighted by molar-refractivity contribution is -0.274. The summed E-state index contributed by atoms with van der Waals surface area (Å²) in [7, 11) is 0. The van der Waals surface area contributed by atoms with E-state index in [0.717, 1.165) is 12.1 Å². The van der Waals surface area contributed by atoms with Crippen molar-refractivity contribution in [1.29, 1.82) is 0 Å². The first-order chi connectivity index (χ1) is 13.5. The summed E-state index contributed by atoms with van der Waals surface area (Å²) in [5.74, 6) is -1.45. The monoisotopic (exact) mass is 541 g/mol. The summed E-state index contributed by atoms with van der Waals surface area (Å²) in [6, 6.07) is 2.04. The molecule has 0 radical (unpaired) electrons. The van der Waals surface area contributed by atoms with Crippen LogP contribution in [0.25, 0.3) is 5.57 Å². The van der Waals surface area contributed by atoms with E-state index >= 15 is 0 Å². The van der Waals surface area contributed by atoms with Crippen LogP contribution in [-0.4, -0.2) is 36.4 Å². The molecular formula is C17H12Br2F3NO6. The van der Waals surface area contributed by atoms with Crippen LogP contribution in [0.5, 0.6) is 5.75 Å². The third kappa shape index (κ3) is 4.27. The molecule has 1 aliphatic heterocycles. The van der Waals surface area contributed by atoms with Crippen LogP contribution in [0.15, 0.2) is 26.8 Å². The molecule has 0 aromatic heterocycles. The van der Waals surface area contributed by atoms with Gasteiger partial charge in [0.05, 0.1) is 12.2 Å². The molecule has 0 unspecified atom stereocenters. The van der Waals surface area contributed by atoms with Crippen LogP contribution in [0.3, 0.4) is 0 Å². The summed E-state index contributed by atoms with van der Waals surface area (Å²) in [5, 5.41) is 2.63. The predicted molar refractivity (Wildman–Crippen MR) is 98.7 cm³/mol. The quantitative estimate of drug-likeness (QED) is 0.573. The molecular weight excluding hydrogens is 531 g/mol. The number of ether oxygens (including phenoxy) is 3. The van der Waals surface area contributed by atoms with Gasteiger partial charge in [0, 0.05) is 27.4 Å². The number of ketones is 1. The number of hydrogen-bond acceptors (Lipinski definition) is 6. The van der Waals surface area contributed by atoms with E-state index in [-0.39, 0.29) is 51.1 Å². The van der Waals surface area contributed by atoms with Crippen LogP contribution in [0.1, 0.15) is 25.3 Å². The van der Waals surface area contributed by atoms with E-state index in [1.807, 2.05) is 0 Å². The second-order valence-corrected chi connectivity index (χ2v) is 7.94. The Morgan fingerprint density at radius 1 is 1.21 bits per heavy atom. The van der Waals surface area contributed by atoms with Crippen molar-refractivity contribution in [1.82, 2.24) is 5.32 Å². The van der Waals surface area contributed by atoms with Crippen molar-refractivity contribution >= 4 is 55.3 Å². The van der Waals surface area contributed by atoms with E-state index in [4.69, 9.17) is 9.47 Å². The highest BCUT2D eigenvalue weighted by atomic mass is 79.9.